The van der Waals surface area contributed by atoms with E-state index in [1.165, 1.54) is 0 Å². The summed E-state index contributed by atoms with van der Waals surface area (Å²) >= 11 is 5.49. The average molecular weight is 350 g/mol. The predicted octanol–water partition coefficient (Wildman–Crippen LogP) is 3.43. The minimum absolute atomic E-state index is 0.123. The molecule has 2 rings (SSSR count). The molecule has 0 bridgehead atoms. The number of hydrogen-bond acceptors (Lipinski definition) is 2. The first kappa shape index (κ1) is 17.3. The molecular formula is C15H18ClF2NO2S. The lowest BCUT2D eigenvalue weighted by molar-refractivity contribution is 0.0925. The Bertz CT molecular complexity index is 597. The summed E-state index contributed by atoms with van der Waals surface area (Å²) in [5.41, 5.74) is -0.294. The lowest BCUT2D eigenvalue weighted by Gasteiger charge is -2.31. The molecule has 3 nitrogen and oxygen atoms in total. The summed E-state index contributed by atoms with van der Waals surface area (Å²) in [6.07, 6.45) is 3.38. The van der Waals surface area contributed by atoms with Crippen LogP contribution in [0.1, 0.15) is 43.0 Å². The van der Waals surface area contributed by atoms with Crippen molar-refractivity contribution in [3.8, 4) is 0 Å². The molecule has 1 N–H and O–H groups in total. The molecule has 1 fully saturated rings. The number of carbonyl (C=O) groups is 1. The molecule has 3 atom stereocenters. The van der Waals surface area contributed by atoms with Crippen LogP contribution in [0.15, 0.2) is 12.1 Å². The van der Waals surface area contributed by atoms with Gasteiger partial charge in [-0.15, -0.1) is 0 Å². The largest absolute Gasteiger partial charge is 0.348 e. The second-order valence-electron chi connectivity index (χ2n) is 5.30. The maximum Gasteiger partial charge on any atom is 0.254 e. The molecule has 1 aromatic carbocycles. The van der Waals surface area contributed by atoms with Gasteiger partial charge < -0.3 is 5.32 Å². The van der Waals surface area contributed by atoms with E-state index >= 15 is 0 Å². The molecule has 0 aliphatic heterocycles. The van der Waals surface area contributed by atoms with Gasteiger partial charge in [0.15, 0.2) is 5.82 Å². The summed E-state index contributed by atoms with van der Waals surface area (Å²) in [6.45, 7) is 1.84. The van der Waals surface area contributed by atoms with Gasteiger partial charge in [0.25, 0.3) is 5.91 Å². The van der Waals surface area contributed by atoms with Gasteiger partial charge in [0.2, 0.25) is 0 Å². The first-order valence-electron chi connectivity index (χ1n) is 7.27. The van der Waals surface area contributed by atoms with Gasteiger partial charge in [-0.2, -0.15) is 0 Å². The normalized spacial score (nSPS) is 23.1. The zero-order valence-corrected chi connectivity index (χ0v) is 13.8. The minimum Gasteiger partial charge on any atom is -0.348 e. The van der Waals surface area contributed by atoms with Gasteiger partial charge in [-0.3, -0.25) is 9.00 Å². The third kappa shape index (κ3) is 3.66. The van der Waals surface area contributed by atoms with E-state index in [2.05, 4.69) is 5.32 Å². The standard InChI is InChI=1S/C15H18ClF2NO2S/c1-2-22(21)12-6-4-3-5-11(12)19-15(20)9-7-8-10(17)13(16)14(9)18/h7-8,11-12H,2-6H2,1H3,(H,19,20)/t11-,12+,22+/m0/s1. The highest BCUT2D eigenvalue weighted by molar-refractivity contribution is 7.85. The minimum atomic E-state index is -1.07. The smallest absolute Gasteiger partial charge is 0.254 e. The fraction of sp³-hybridized carbons (Fsp3) is 0.533. The molecule has 0 aromatic heterocycles. The maximum atomic E-state index is 13.9. The predicted molar refractivity (Wildman–Crippen MR) is 83.6 cm³/mol. The third-order valence-corrected chi connectivity index (χ3v) is 6.08. The molecule has 1 saturated carbocycles. The molecule has 0 spiro atoms. The van der Waals surface area contributed by atoms with Crippen molar-refractivity contribution in [2.75, 3.05) is 5.75 Å². The van der Waals surface area contributed by atoms with Gasteiger partial charge in [0.05, 0.1) is 10.8 Å². The molecule has 22 heavy (non-hydrogen) atoms. The summed E-state index contributed by atoms with van der Waals surface area (Å²) in [7, 11) is -1.02. The Balaban J connectivity index is 2.17. The van der Waals surface area contributed by atoms with E-state index in [0.29, 0.717) is 12.2 Å². The van der Waals surface area contributed by atoms with Crippen LogP contribution >= 0.6 is 11.6 Å². The molecule has 0 unspecified atom stereocenters. The Kier molecular flexibility index (Phi) is 5.92. The van der Waals surface area contributed by atoms with Crippen LogP contribution in [0.4, 0.5) is 8.78 Å². The van der Waals surface area contributed by atoms with Crippen LogP contribution < -0.4 is 5.32 Å². The quantitative estimate of drug-likeness (QED) is 0.846. The summed E-state index contributed by atoms with van der Waals surface area (Å²) in [6, 6.07) is 1.77. The van der Waals surface area contributed by atoms with E-state index < -0.39 is 33.4 Å². The van der Waals surface area contributed by atoms with E-state index in [4.69, 9.17) is 11.6 Å². The van der Waals surface area contributed by atoms with E-state index in [1.54, 1.807) is 0 Å². The molecule has 1 aromatic rings. The number of amides is 1. The fourth-order valence-electron chi connectivity index (χ4n) is 2.74. The summed E-state index contributed by atoms with van der Waals surface area (Å²) in [5.74, 6) is -2.10. The second kappa shape index (κ2) is 7.51. The number of nitrogens with one attached hydrogen (secondary N) is 1. The first-order valence-corrected chi connectivity index (χ1v) is 9.03. The summed E-state index contributed by atoms with van der Waals surface area (Å²) < 4.78 is 39.1. The molecule has 1 amide bonds. The zero-order chi connectivity index (χ0) is 16.3. The molecule has 122 valence electrons. The van der Waals surface area contributed by atoms with Crippen molar-refractivity contribution in [1.29, 1.82) is 0 Å². The van der Waals surface area contributed by atoms with Gasteiger partial charge >= 0.3 is 0 Å². The summed E-state index contributed by atoms with van der Waals surface area (Å²) in [5, 5.41) is 1.92. The van der Waals surface area contributed by atoms with Gasteiger partial charge in [-0.1, -0.05) is 31.4 Å². The SMILES string of the molecule is CC[S@@](=O)[C@@H]1CCCC[C@@H]1NC(=O)c1ccc(F)c(Cl)c1F. The van der Waals surface area contributed by atoms with E-state index in [9.17, 15) is 17.8 Å². The van der Waals surface area contributed by atoms with Crippen LogP contribution in [0.2, 0.25) is 5.02 Å². The molecule has 1 aliphatic carbocycles. The van der Waals surface area contributed by atoms with Crippen LogP contribution in [0.3, 0.4) is 0 Å². The highest BCUT2D eigenvalue weighted by Crippen LogP contribution is 2.25. The van der Waals surface area contributed by atoms with Gasteiger partial charge in [-0.05, 0) is 25.0 Å². The van der Waals surface area contributed by atoms with Crippen molar-refractivity contribution >= 4 is 28.3 Å². The van der Waals surface area contributed by atoms with E-state index in [-0.39, 0.29) is 16.9 Å². The highest BCUT2D eigenvalue weighted by Gasteiger charge is 2.31. The summed E-state index contributed by atoms with van der Waals surface area (Å²) in [4.78, 5) is 12.2. The average Bonchev–Trinajstić information content (AvgIpc) is 2.52. The lowest BCUT2D eigenvalue weighted by atomic mass is 9.94. The van der Waals surface area contributed by atoms with Crippen LogP contribution in [-0.4, -0.2) is 27.2 Å². The number of benzene rings is 1. The topological polar surface area (TPSA) is 46.2 Å². The van der Waals surface area contributed by atoms with Crippen LogP contribution in [0, 0.1) is 11.6 Å². The van der Waals surface area contributed by atoms with Gasteiger partial charge in [0.1, 0.15) is 10.8 Å². The van der Waals surface area contributed by atoms with Crippen molar-refractivity contribution in [3.05, 3.63) is 34.4 Å². The zero-order valence-electron chi connectivity index (χ0n) is 12.2. The van der Waals surface area contributed by atoms with Crippen LogP contribution in [0.5, 0.6) is 0 Å². The van der Waals surface area contributed by atoms with E-state index in [1.807, 2.05) is 6.92 Å². The molecular weight excluding hydrogens is 332 g/mol. The number of halogens is 3. The lowest BCUT2D eigenvalue weighted by Crippen LogP contribution is -2.47. The third-order valence-electron chi connectivity index (χ3n) is 3.92. The van der Waals surface area contributed by atoms with Crippen molar-refractivity contribution in [3.63, 3.8) is 0 Å². The molecule has 0 radical (unpaired) electrons. The van der Waals surface area contributed by atoms with Crippen molar-refractivity contribution in [2.45, 2.75) is 43.9 Å². The van der Waals surface area contributed by atoms with Crippen LogP contribution in [-0.2, 0) is 10.8 Å². The molecule has 7 heteroatoms. The van der Waals surface area contributed by atoms with Gasteiger partial charge in [0, 0.05) is 22.6 Å². The Morgan fingerprint density at radius 2 is 2.05 bits per heavy atom. The van der Waals surface area contributed by atoms with Crippen molar-refractivity contribution in [1.82, 2.24) is 5.32 Å². The molecule has 1 aliphatic rings. The van der Waals surface area contributed by atoms with Gasteiger partial charge in [-0.25, -0.2) is 8.78 Å². The Labute approximate surface area is 135 Å². The monoisotopic (exact) mass is 349 g/mol. The first-order chi connectivity index (χ1) is 10.5. The molecule has 0 heterocycles. The second-order valence-corrected chi connectivity index (χ2v) is 7.62. The Hall–Kier alpha value is -1.01. The number of rotatable bonds is 4. The Morgan fingerprint density at radius 1 is 1.36 bits per heavy atom. The number of carbonyl (C=O) groups excluding carboxylic acids is 1. The van der Waals surface area contributed by atoms with Crippen molar-refractivity contribution in [2.24, 2.45) is 0 Å². The van der Waals surface area contributed by atoms with Crippen LogP contribution in [0.25, 0.3) is 0 Å². The highest BCUT2D eigenvalue weighted by atomic mass is 35.5. The maximum absolute atomic E-state index is 13.9. The number of hydrogen-bond donors (Lipinski definition) is 1. The van der Waals surface area contributed by atoms with E-state index in [0.717, 1.165) is 31.4 Å². The fourth-order valence-corrected chi connectivity index (χ4v) is 4.33. The Morgan fingerprint density at radius 3 is 2.73 bits per heavy atom. The van der Waals surface area contributed by atoms with Crippen molar-refractivity contribution < 1.29 is 17.8 Å². The molecule has 0 saturated heterocycles.